The zero-order valence-electron chi connectivity index (χ0n) is 14.8. The quantitative estimate of drug-likeness (QED) is 0.375. The number of rotatable bonds is 6. The van der Waals surface area contributed by atoms with Crippen molar-refractivity contribution in [3.63, 3.8) is 0 Å². The molecule has 3 rings (SSSR count). The number of ketones is 1. The number of ether oxygens (including phenoxy) is 1. The van der Waals surface area contributed by atoms with E-state index >= 15 is 0 Å². The Bertz CT molecular complexity index is 903. The molecule has 0 N–H and O–H groups in total. The maximum atomic E-state index is 13.1. The maximum absolute atomic E-state index is 13.1. The van der Waals surface area contributed by atoms with Crippen LogP contribution < -0.4 is 0 Å². The largest absolute Gasteiger partial charge is 0.426 e. The summed E-state index contributed by atoms with van der Waals surface area (Å²) < 4.78 is 88.0. The molecule has 0 bridgehead atoms. The Morgan fingerprint density at radius 2 is 1.79 bits per heavy atom. The molecule has 158 valence electrons. The number of carbonyl (C=O) groups is 1. The van der Waals surface area contributed by atoms with E-state index in [9.17, 15) is 31.1 Å². The molecule has 0 aliphatic heterocycles. The highest BCUT2D eigenvalue weighted by molar-refractivity contribution is 9.10. The van der Waals surface area contributed by atoms with Gasteiger partial charge < -0.3 is 9.26 Å². The molecule has 1 aromatic carbocycles. The van der Waals surface area contributed by atoms with Crippen molar-refractivity contribution in [2.45, 2.75) is 50.2 Å². The molecule has 1 aliphatic carbocycles. The lowest BCUT2D eigenvalue weighted by Crippen LogP contribution is -2.56. The van der Waals surface area contributed by atoms with Crippen molar-refractivity contribution in [3.05, 3.63) is 51.3 Å². The number of alkyl halides is 6. The Hall–Kier alpha value is -1.88. The van der Waals surface area contributed by atoms with E-state index in [0.29, 0.717) is 10.2 Å². The van der Waals surface area contributed by atoms with Gasteiger partial charge in [-0.15, -0.1) is 0 Å². The SMILES string of the molecule is CC(OCc1cc(Br)ccc1C(=O)c1conc1C1CC1)(C(F)(F)F)C(F)(F)F. The van der Waals surface area contributed by atoms with E-state index < -0.39 is 30.3 Å². The fraction of sp³-hybridized carbons (Fsp3) is 0.444. The molecule has 1 fully saturated rings. The van der Waals surface area contributed by atoms with Gasteiger partial charge in [-0.2, -0.15) is 26.3 Å². The van der Waals surface area contributed by atoms with Gasteiger partial charge in [0.15, 0.2) is 5.78 Å². The standard InChI is InChI=1S/C18H14BrF6NO3/c1-16(17(20,21)22,18(23,24)25)28-7-10-6-11(19)4-5-12(10)15(27)13-8-29-26-14(13)9-2-3-9/h4-6,8-9H,2-3,7H2,1H3. The summed E-state index contributed by atoms with van der Waals surface area (Å²) in [5.41, 5.74) is -4.05. The molecule has 1 aliphatic rings. The fourth-order valence-electron chi connectivity index (χ4n) is 2.66. The third-order valence-electron chi connectivity index (χ3n) is 4.72. The minimum absolute atomic E-state index is 0.0570. The van der Waals surface area contributed by atoms with Crippen LogP contribution in [0.5, 0.6) is 0 Å². The molecule has 0 radical (unpaired) electrons. The second-order valence-corrected chi connectivity index (χ2v) is 7.75. The average Bonchev–Trinajstić information content (AvgIpc) is 3.33. The van der Waals surface area contributed by atoms with E-state index in [1.165, 1.54) is 18.2 Å². The van der Waals surface area contributed by atoms with Gasteiger partial charge in [-0.05, 0) is 43.5 Å². The lowest BCUT2D eigenvalue weighted by molar-refractivity contribution is -0.377. The smallest absolute Gasteiger partial charge is 0.364 e. The molecule has 1 heterocycles. The van der Waals surface area contributed by atoms with Crippen molar-refractivity contribution in [3.8, 4) is 0 Å². The first kappa shape index (κ1) is 21.8. The summed E-state index contributed by atoms with van der Waals surface area (Å²) in [6.45, 7) is -1.17. The third kappa shape index (κ3) is 4.20. The molecule has 0 unspecified atom stereocenters. The summed E-state index contributed by atoms with van der Waals surface area (Å²) in [4.78, 5) is 12.9. The molecule has 1 aromatic heterocycles. The Morgan fingerprint density at radius 3 is 2.34 bits per heavy atom. The molecule has 4 nitrogen and oxygen atoms in total. The summed E-state index contributed by atoms with van der Waals surface area (Å²) in [5.74, 6) is -0.554. The third-order valence-corrected chi connectivity index (χ3v) is 5.21. The van der Waals surface area contributed by atoms with Gasteiger partial charge in [0.1, 0.15) is 6.26 Å². The summed E-state index contributed by atoms with van der Waals surface area (Å²) in [6.07, 6.45) is -8.64. The van der Waals surface area contributed by atoms with Gasteiger partial charge in [0, 0.05) is 16.0 Å². The van der Waals surface area contributed by atoms with Crippen molar-refractivity contribution >= 4 is 21.7 Å². The van der Waals surface area contributed by atoms with E-state index in [4.69, 9.17) is 4.52 Å². The van der Waals surface area contributed by atoms with Crippen molar-refractivity contribution in [2.24, 2.45) is 0 Å². The number of carbonyl (C=O) groups excluding carboxylic acids is 1. The van der Waals surface area contributed by atoms with E-state index in [2.05, 4.69) is 25.8 Å². The Morgan fingerprint density at radius 1 is 1.17 bits per heavy atom. The van der Waals surface area contributed by atoms with Crippen LogP contribution in [0, 0.1) is 0 Å². The predicted octanol–water partition coefficient (Wildman–Crippen LogP) is 5.95. The molecule has 1 saturated carbocycles. The van der Waals surface area contributed by atoms with Crippen LogP contribution in [0.3, 0.4) is 0 Å². The number of hydrogen-bond donors (Lipinski definition) is 0. The maximum Gasteiger partial charge on any atom is 0.426 e. The number of halogens is 7. The fourth-order valence-corrected chi connectivity index (χ4v) is 3.07. The average molecular weight is 486 g/mol. The monoisotopic (exact) mass is 485 g/mol. The second kappa shape index (κ2) is 7.42. The molecule has 2 aromatic rings. The second-order valence-electron chi connectivity index (χ2n) is 6.84. The molecular formula is C18H14BrF6NO3. The number of nitrogens with zero attached hydrogens (tertiary/aromatic N) is 1. The van der Waals surface area contributed by atoms with Crippen molar-refractivity contribution in [1.29, 1.82) is 0 Å². The van der Waals surface area contributed by atoms with E-state index in [1.807, 2.05) is 0 Å². The van der Waals surface area contributed by atoms with Gasteiger partial charge >= 0.3 is 12.4 Å². The molecule has 0 saturated heterocycles. The highest BCUT2D eigenvalue weighted by Gasteiger charge is 2.69. The van der Waals surface area contributed by atoms with Crippen LogP contribution >= 0.6 is 15.9 Å². The molecular weight excluding hydrogens is 472 g/mol. The first-order chi connectivity index (χ1) is 13.3. The van der Waals surface area contributed by atoms with Crippen LogP contribution in [0.1, 0.15) is 52.9 Å². The van der Waals surface area contributed by atoms with Gasteiger partial charge in [0.25, 0.3) is 5.60 Å². The predicted molar refractivity (Wildman–Crippen MR) is 91.4 cm³/mol. The summed E-state index contributed by atoms with van der Waals surface area (Å²) >= 11 is 3.10. The van der Waals surface area contributed by atoms with Gasteiger partial charge in [-0.1, -0.05) is 21.1 Å². The summed E-state index contributed by atoms with van der Waals surface area (Å²) in [7, 11) is 0. The van der Waals surface area contributed by atoms with Crippen molar-refractivity contribution in [2.75, 3.05) is 0 Å². The van der Waals surface area contributed by atoms with Gasteiger partial charge in [-0.25, -0.2) is 0 Å². The van der Waals surface area contributed by atoms with Crippen LogP contribution in [0.15, 0.2) is 33.5 Å². The Labute approximate surface area is 169 Å². The summed E-state index contributed by atoms with van der Waals surface area (Å²) in [5, 5.41) is 3.79. The van der Waals surface area contributed by atoms with Crippen LogP contribution in [0.4, 0.5) is 26.3 Å². The minimum Gasteiger partial charge on any atom is -0.364 e. The van der Waals surface area contributed by atoms with Gasteiger partial charge in [0.05, 0.1) is 17.9 Å². The lowest BCUT2D eigenvalue weighted by Gasteiger charge is -2.33. The Balaban J connectivity index is 1.93. The highest BCUT2D eigenvalue weighted by Crippen LogP contribution is 2.46. The van der Waals surface area contributed by atoms with Gasteiger partial charge in [0.2, 0.25) is 0 Å². The zero-order valence-corrected chi connectivity index (χ0v) is 16.4. The first-order valence-corrected chi connectivity index (χ1v) is 9.19. The summed E-state index contributed by atoms with van der Waals surface area (Å²) in [6, 6.07) is 3.99. The van der Waals surface area contributed by atoms with E-state index in [1.54, 1.807) is 0 Å². The topological polar surface area (TPSA) is 52.3 Å². The number of hydrogen-bond acceptors (Lipinski definition) is 4. The Kier molecular flexibility index (Phi) is 5.59. The van der Waals surface area contributed by atoms with Crippen LogP contribution in [-0.4, -0.2) is 28.9 Å². The van der Waals surface area contributed by atoms with Crippen LogP contribution in [0.2, 0.25) is 0 Å². The van der Waals surface area contributed by atoms with Gasteiger partial charge in [-0.3, -0.25) is 4.79 Å². The lowest BCUT2D eigenvalue weighted by atomic mass is 9.97. The minimum atomic E-state index is -5.70. The van der Waals surface area contributed by atoms with E-state index in [-0.39, 0.29) is 29.5 Å². The molecule has 0 spiro atoms. The number of benzene rings is 1. The highest BCUT2D eigenvalue weighted by atomic mass is 79.9. The van der Waals surface area contributed by atoms with E-state index in [0.717, 1.165) is 19.1 Å². The number of aromatic nitrogens is 1. The van der Waals surface area contributed by atoms with Crippen LogP contribution in [0.25, 0.3) is 0 Å². The van der Waals surface area contributed by atoms with Crippen molar-refractivity contribution < 1.29 is 40.4 Å². The molecule has 0 atom stereocenters. The normalized spacial score (nSPS) is 15.6. The first-order valence-electron chi connectivity index (χ1n) is 8.40. The molecule has 11 heteroatoms. The molecule has 0 amide bonds. The zero-order chi connectivity index (χ0) is 21.6. The van der Waals surface area contributed by atoms with Crippen LogP contribution in [-0.2, 0) is 11.3 Å². The van der Waals surface area contributed by atoms with Crippen molar-refractivity contribution in [1.82, 2.24) is 5.16 Å². The molecule has 29 heavy (non-hydrogen) atoms.